The molecule has 2 aromatic rings. The van der Waals surface area contributed by atoms with E-state index in [1.165, 1.54) is 26.4 Å². The van der Waals surface area contributed by atoms with Gasteiger partial charge in [-0.1, -0.05) is 11.6 Å². The maximum Gasteiger partial charge on any atom is 0.313 e. The van der Waals surface area contributed by atoms with Crippen molar-refractivity contribution in [2.45, 2.75) is 12.5 Å². The lowest BCUT2D eigenvalue weighted by atomic mass is 10.0. The number of rotatable bonds is 5. The van der Waals surface area contributed by atoms with Crippen LogP contribution in [0.25, 0.3) is 0 Å². The second-order valence-corrected chi connectivity index (χ2v) is 5.64. The van der Waals surface area contributed by atoms with Crippen LogP contribution in [0.5, 0.6) is 5.75 Å². The number of anilines is 1. The Kier molecular flexibility index (Phi) is 5.48. The molecule has 7 nitrogen and oxygen atoms in total. The van der Waals surface area contributed by atoms with E-state index in [1.807, 2.05) is 0 Å². The number of aliphatic hydroxyl groups is 1. The van der Waals surface area contributed by atoms with E-state index in [0.717, 1.165) is 0 Å². The molecule has 1 aromatic heterocycles. The van der Waals surface area contributed by atoms with Gasteiger partial charge in [-0.05, 0) is 37.3 Å². The van der Waals surface area contributed by atoms with Crippen LogP contribution in [0.3, 0.4) is 0 Å². The second kappa shape index (κ2) is 7.37. The fourth-order valence-electron chi connectivity index (χ4n) is 1.94. The third-order valence-corrected chi connectivity index (χ3v) is 3.56. The number of methoxy groups -OCH3 is 1. The highest BCUT2D eigenvalue weighted by molar-refractivity contribution is 6.40. The average Bonchev–Trinajstić information content (AvgIpc) is 3.08. The highest BCUT2D eigenvalue weighted by atomic mass is 35.5. The molecule has 1 atom stereocenters. The molecule has 0 saturated heterocycles. The van der Waals surface area contributed by atoms with Gasteiger partial charge in [-0.15, -0.1) is 0 Å². The zero-order chi connectivity index (χ0) is 17.7. The molecule has 1 aromatic carbocycles. The Balaban J connectivity index is 1.93. The Morgan fingerprint density at radius 3 is 2.67 bits per heavy atom. The number of hydrogen-bond acceptors (Lipinski definition) is 5. The minimum atomic E-state index is -1.43. The van der Waals surface area contributed by atoms with Crippen molar-refractivity contribution in [2.75, 3.05) is 19.0 Å². The fraction of sp³-hybridized carbons (Fsp3) is 0.250. The number of ether oxygens (including phenoxy) is 1. The van der Waals surface area contributed by atoms with Crippen molar-refractivity contribution in [3.05, 3.63) is 47.4 Å². The van der Waals surface area contributed by atoms with Crippen molar-refractivity contribution in [2.24, 2.45) is 0 Å². The normalized spacial score (nSPS) is 13.0. The SMILES string of the molecule is COc1ccc(NC(=O)C(=O)NCC(C)(O)c2ccco2)cc1Cl. The molecule has 0 aliphatic carbocycles. The van der Waals surface area contributed by atoms with E-state index in [0.29, 0.717) is 16.5 Å². The van der Waals surface area contributed by atoms with Gasteiger partial charge in [-0.2, -0.15) is 0 Å². The van der Waals surface area contributed by atoms with Gasteiger partial charge < -0.3 is 24.9 Å². The summed E-state index contributed by atoms with van der Waals surface area (Å²) in [7, 11) is 1.47. The number of benzene rings is 1. The topological polar surface area (TPSA) is 101 Å². The Morgan fingerprint density at radius 1 is 1.33 bits per heavy atom. The van der Waals surface area contributed by atoms with Gasteiger partial charge in [0.15, 0.2) is 0 Å². The lowest BCUT2D eigenvalue weighted by molar-refractivity contribution is -0.136. The molecule has 0 spiro atoms. The minimum Gasteiger partial charge on any atom is -0.495 e. The molecule has 0 radical (unpaired) electrons. The molecule has 2 amide bonds. The zero-order valence-corrected chi connectivity index (χ0v) is 13.9. The van der Waals surface area contributed by atoms with Gasteiger partial charge in [0.2, 0.25) is 0 Å². The summed E-state index contributed by atoms with van der Waals surface area (Å²) in [6.45, 7) is 1.28. The van der Waals surface area contributed by atoms with Crippen LogP contribution in [-0.2, 0) is 15.2 Å². The summed E-state index contributed by atoms with van der Waals surface area (Å²) < 4.78 is 10.1. The van der Waals surface area contributed by atoms with Crippen molar-refractivity contribution >= 4 is 29.1 Å². The maximum atomic E-state index is 11.9. The second-order valence-electron chi connectivity index (χ2n) is 5.24. The Morgan fingerprint density at radius 2 is 2.08 bits per heavy atom. The van der Waals surface area contributed by atoms with E-state index in [1.54, 1.807) is 24.3 Å². The van der Waals surface area contributed by atoms with Gasteiger partial charge in [-0.25, -0.2) is 0 Å². The number of hydrogen-bond donors (Lipinski definition) is 3. The maximum absolute atomic E-state index is 11.9. The number of carbonyl (C=O) groups excluding carboxylic acids is 2. The van der Waals surface area contributed by atoms with E-state index in [2.05, 4.69) is 10.6 Å². The molecule has 2 rings (SSSR count). The number of carbonyl (C=O) groups is 2. The molecule has 1 heterocycles. The van der Waals surface area contributed by atoms with Crippen LogP contribution in [0.15, 0.2) is 41.0 Å². The van der Waals surface area contributed by atoms with Gasteiger partial charge in [0, 0.05) is 5.69 Å². The van der Waals surface area contributed by atoms with E-state index in [9.17, 15) is 14.7 Å². The molecular weight excluding hydrogens is 336 g/mol. The summed E-state index contributed by atoms with van der Waals surface area (Å²) in [6, 6.07) is 7.77. The van der Waals surface area contributed by atoms with Crippen molar-refractivity contribution in [3.63, 3.8) is 0 Å². The first-order valence-electron chi connectivity index (χ1n) is 7.02. The largest absolute Gasteiger partial charge is 0.495 e. The molecule has 8 heteroatoms. The third kappa shape index (κ3) is 4.27. The van der Waals surface area contributed by atoms with Crippen molar-refractivity contribution in [1.82, 2.24) is 5.32 Å². The van der Waals surface area contributed by atoms with Gasteiger partial charge in [-0.3, -0.25) is 9.59 Å². The standard InChI is InChI=1S/C16H17ClN2O5/c1-16(22,13-4-3-7-24-13)9-18-14(20)15(21)19-10-5-6-12(23-2)11(17)8-10/h3-8,22H,9H2,1-2H3,(H,18,20)(H,19,21). The molecule has 0 saturated carbocycles. The Hall–Kier alpha value is -2.51. The number of amides is 2. The highest BCUT2D eigenvalue weighted by Crippen LogP contribution is 2.27. The lowest BCUT2D eigenvalue weighted by Crippen LogP contribution is -2.43. The number of furan rings is 1. The summed E-state index contributed by atoms with van der Waals surface area (Å²) in [4.78, 5) is 23.7. The Bertz CT molecular complexity index is 728. The Labute approximate surface area is 143 Å². The van der Waals surface area contributed by atoms with Crippen LogP contribution in [0.2, 0.25) is 5.02 Å². The van der Waals surface area contributed by atoms with Gasteiger partial charge in [0.1, 0.15) is 17.1 Å². The van der Waals surface area contributed by atoms with E-state index in [4.69, 9.17) is 20.8 Å². The molecule has 0 aliphatic heterocycles. The minimum absolute atomic E-state index is 0.184. The number of halogens is 1. The predicted octanol–water partition coefficient (Wildman–Crippen LogP) is 1.90. The lowest BCUT2D eigenvalue weighted by Gasteiger charge is -2.20. The first-order valence-corrected chi connectivity index (χ1v) is 7.40. The molecule has 0 aliphatic rings. The van der Waals surface area contributed by atoms with Crippen LogP contribution in [0, 0.1) is 0 Å². The average molecular weight is 353 g/mol. The molecule has 0 fully saturated rings. The number of nitrogens with one attached hydrogen (secondary N) is 2. The van der Waals surface area contributed by atoms with Gasteiger partial charge in [0.25, 0.3) is 0 Å². The predicted molar refractivity (Wildman–Crippen MR) is 87.9 cm³/mol. The summed E-state index contributed by atoms with van der Waals surface area (Å²) in [6.07, 6.45) is 1.41. The van der Waals surface area contributed by atoms with E-state index < -0.39 is 17.4 Å². The molecule has 3 N–H and O–H groups in total. The molecule has 1 unspecified atom stereocenters. The van der Waals surface area contributed by atoms with Crippen LogP contribution in [0.1, 0.15) is 12.7 Å². The highest BCUT2D eigenvalue weighted by Gasteiger charge is 2.28. The van der Waals surface area contributed by atoms with E-state index in [-0.39, 0.29) is 12.3 Å². The van der Waals surface area contributed by atoms with Crippen molar-refractivity contribution in [3.8, 4) is 5.75 Å². The van der Waals surface area contributed by atoms with Crippen LogP contribution in [-0.4, -0.2) is 30.6 Å². The quantitative estimate of drug-likeness (QED) is 0.713. The molecule has 0 bridgehead atoms. The summed E-state index contributed by atoms with van der Waals surface area (Å²) in [5.74, 6) is -1.04. The van der Waals surface area contributed by atoms with Gasteiger partial charge in [0.05, 0.1) is 24.9 Å². The third-order valence-electron chi connectivity index (χ3n) is 3.26. The molecule has 24 heavy (non-hydrogen) atoms. The van der Waals surface area contributed by atoms with Crippen LogP contribution < -0.4 is 15.4 Å². The van der Waals surface area contributed by atoms with Gasteiger partial charge >= 0.3 is 11.8 Å². The van der Waals surface area contributed by atoms with Crippen LogP contribution in [0.4, 0.5) is 5.69 Å². The fourth-order valence-corrected chi connectivity index (χ4v) is 2.19. The zero-order valence-electron chi connectivity index (χ0n) is 13.1. The van der Waals surface area contributed by atoms with Crippen molar-refractivity contribution < 1.29 is 23.8 Å². The summed E-state index contributed by atoms with van der Waals surface area (Å²) in [5.41, 5.74) is -1.08. The van der Waals surface area contributed by atoms with E-state index >= 15 is 0 Å². The molecular formula is C16H17ClN2O5. The molecule has 128 valence electrons. The first kappa shape index (κ1) is 17.8. The monoisotopic (exact) mass is 352 g/mol. The van der Waals surface area contributed by atoms with Crippen LogP contribution >= 0.6 is 11.6 Å². The summed E-state index contributed by atoms with van der Waals surface area (Å²) in [5, 5.41) is 15.3. The van der Waals surface area contributed by atoms with Crippen molar-refractivity contribution in [1.29, 1.82) is 0 Å². The smallest absolute Gasteiger partial charge is 0.313 e. The summed E-state index contributed by atoms with van der Waals surface area (Å²) >= 11 is 5.95. The first-order chi connectivity index (χ1) is 11.3.